The predicted molar refractivity (Wildman–Crippen MR) is 90.1 cm³/mol. The maximum absolute atomic E-state index is 13.5. The molecule has 0 saturated heterocycles. The summed E-state index contributed by atoms with van der Waals surface area (Å²) >= 11 is 3.30. The largest absolute Gasteiger partial charge is 0.461 e. The molecule has 0 aliphatic rings. The monoisotopic (exact) mass is 390 g/mol. The van der Waals surface area contributed by atoms with Gasteiger partial charge >= 0.3 is 11.6 Å². The number of hydrogen-bond donors (Lipinski definition) is 0. The summed E-state index contributed by atoms with van der Waals surface area (Å²) in [7, 11) is 0. The van der Waals surface area contributed by atoms with E-state index in [9.17, 15) is 14.0 Å². The zero-order valence-corrected chi connectivity index (χ0v) is 14.0. The molecule has 0 fully saturated rings. The van der Waals surface area contributed by atoms with E-state index in [1.165, 1.54) is 18.2 Å². The molecule has 0 atom stereocenters. The van der Waals surface area contributed by atoms with Gasteiger partial charge in [0.05, 0.1) is 6.42 Å². The smallest absolute Gasteiger partial charge is 0.336 e. The molecule has 0 saturated carbocycles. The van der Waals surface area contributed by atoms with Gasteiger partial charge in [0.2, 0.25) is 0 Å². The molecule has 1 aromatic heterocycles. The van der Waals surface area contributed by atoms with Crippen molar-refractivity contribution in [1.82, 2.24) is 0 Å². The molecule has 0 aliphatic heterocycles. The minimum Gasteiger partial charge on any atom is -0.461 e. The molecule has 0 radical (unpaired) electrons. The van der Waals surface area contributed by atoms with E-state index in [4.69, 9.17) is 9.15 Å². The van der Waals surface area contributed by atoms with E-state index in [-0.39, 0.29) is 18.6 Å². The van der Waals surface area contributed by atoms with Crippen LogP contribution in [0.2, 0.25) is 0 Å². The lowest BCUT2D eigenvalue weighted by molar-refractivity contribution is -0.144. The highest BCUT2D eigenvalue weighted by molar-refractivity contribution is 9.10. The van der Waals surface area contributed by atoms with E-state index in [2.05, 4.69) is 15.9 Å². The first-order chi connectivity index (χ1) is 11.5. The van der Waals surface area contributed by atoms with Gasteiger partial charge in [-0.1, -0.05) is 34.1 Å². The van der Waals surface area contributed by atoms with Crippen LogP contribution in [0, 0.1) is 5.82 Å². The lowest BCUT2D eigenvalue weighted by Gasteiger charge is -2.08. The molecule has 4 nitrogen and oxygen atoms in total. The lowest BCUT2D eigenvalue weighted by atomic mass is 10.1. The number of fused-ring (bicyclic) bond motifs is 1. The van der Waals surface area contributed by atoms with Crippen LogP contribution in [0.15, 0.2) is 62.2 Å². The van der Waals surface area contributed by atoms with Gasteiger partial charge in [0.15, 0.2) is 0 Å². The first kappa shape index (κ1) is 16.4. The number of ether oxygens (including phenoxy) is 1. The molecule has 0 aliphatic carbocycles. The molecule has 0 amide bonds. The molecule has 0 unspecified atom stereocenters. The van der Waals surface area contributed by atoms with Crippen LogP contribution in [0.3, 0.4) is 0 Å². The Kier molecular flexibility index (Phi) is 4.76. The summed E-state index contributed by atoms with van der Waals surface area (Å²) in [5.74, 6) is -1.02. The highest BCUT2D eigenvalue weighted by atomic mass is 79.9. The Labute approximate surface area is 145 Å². The van der Waals surface area contributed by atoms with Crippen LogP contribution in [0.25, 0.3) is 11.0 Å². The number of halogens is 2. The quantitative estimate of drug-likeness (QED) is 0.499. The third-order valence-electron chi connectivity index (χ3n) is 3.47. The Morgan fingerprint density at radius 1 is 1.12 bits per heavy atom. The van der Waals surface area contributed by atoms with Crippen LogP contribution >= 0.6 is 15.9 Å². The molecule has 0 N–H and O–H groups in total. The fraction of sp³-hybridized carbons (Fsp3) is 0.111. The van der Waals surface area contributed by atoms with Gasteiger partial charge < -0.3 is 9.15 Å². The summed E-state index contributed by atoms with van der Waals surface area (Å²) in [4.78, 5) is 23.5. The van der Waals surface area contributed by atoms with E-state index in [0.29, 0.717) is 16.5 Å². The van der Waals surface area contributed by atoms with Crippen LogP contribution < -0.4 is 5.63 Å². The van der Waals surface area contributed by atoms with Crippen molar-refractivity contribution in [3.8, 4) is 0 Å². The van der Waals surface area contributed by atoms with Crippen LogP contribution in [0.5, 0.6) is 0 Å². The average Bonchev–Trinajstić information content (AvgIpc) is 2.54. The summed E-state index contributed by atoms with van der Waals surface area (Å²) < 4.78 is 24.6. The second-order valence-corrected chi connectivity index (χ2v) is 6.08. The second-order valence-electron chi connectivity index (χ2n) is 5.16. The Bertz CT molecular complexity index is 965. The van der Waals surface area contributed by atoms with Crippen LogP contribution in [0.4, 0.5) is 4.39 Å². The molecule has 3 rings (SSSR count). The summed E-state index contributed by atoms with van der Waals surface area (Å²) in [6.07, 6.45) is -0.169. The van der Waals surface area contributed by atoms with Crippen molar-refractivity contribution < 1.29 is 18.3 Å². The van der Waals surface area contributed by atoms with Crippen molar-refractivity contribution in [2.75, 3.05) is 0 Å². The third kappa shape index (κ3) is 3.71. The molecule has 6 heteroatoms. The standard InChI is InChI=1S/C18H12BrFO4/c19-13-5-6-14-12(8-18(22)24-16(14)9-13)10-23-17(21)7-11-3-1-2-4-15(11)20/h1-6,8-9H,7,10H2. The maximum atomic E-state index is 13.5. The van der Waals surface area contributed by atoms with Crippen molar-refractivity contribution in [3.63, 3.8) is 0 Å². The number of benzene rings is 2. The minimum absolute atomic E-state index is 0.0863. The summed E-state index contributed by atoms with van der Waals surface area (Å²) in [6, 6.07) is 12.5. The van der Waals surface area contributed by atoms with Gasteiger partial charge in [-0.2, -0.15) is 0 Å². The van der Waals surface area contributed by atoms with E-state index in [1.54, 1.807) is 30.3 Å². The SMILES string of the molecule is O=C(Cc1ccccc1F)OCc1cc(=O)oc2cc(Br)ccc12. The third-order valence-corrected chi connectivity index (χ3v) is 3.97. The van der Waals surface area contributed by atoms with Crippen molar-refractivity contribution >= 4 is 32.9 Å². The van der Waals surface area contributed by atoms with E-state index in [1.807, 2.05) is 0 Å². The normalized spacial score (nSPS) is 10.8. The number of hydrogen-bond acceptors (Lipinski definition) is 4. The van der Waals surface area contributed by atoms with Crippen molar-refractivity contribution in [3.05, 3.63) is 80.4 Å². The molecule has 1 heterocycles. The van der Waals surface area contributed by atoms with Crippen LogP contribution in [-0.2, 0) is 22.6 Å². The summed E-state index contributed by atoms with van der Waals surface area (Å²) in [5.41, 5.74) is 0.678. The zero-order chi connectivity index (χ0) is 17.1. The Morgan fingerprint density at radius 2 is 1.92 bits per heavy atom. The topological polar surface area (TPSA) is 56.5 Å². The molecule has 3 aromatic rings. The van der Waals surface area contributed by atoms with Gasteiger partial charge in [0.25, 0.3) is 0 Å². The first-order valence-electron chi connectivity index (χ1n) is 7.14. The average molecular weight is 391 g/mol. The Morgan fingerprint density at radius 3 is 2.71 bits per heavy atom. The second kappa shape index (κ2) is 6.97. The van der Waals surface area contributed by atoms with Gasteiger partial charge in [-0.25, -0.2) is 9.18 Å². The highest BCUT2D eigenvalue weighted by Crippen LogP contribution is 2.22. The number of rotatable bonds is 4. The molecule has 0 spiro atoms. The Hall–Kier alpha value is -2.47. The predicted octanol–water partition coefficient (Wildman–Crippen LogP) is 3.98. The Balaban J connectivity index is 1.77. The molecule has 122 valence electrons. The maximum Gasteiger partial charge on any atom is 0.336 e. The van der Waals surface area contributed by atoms with Crippen molar-refractivity contribution in [2.45, 2.75) is 13.0 Å². The zero-order valence-electron chi connectivity index (χ0n) is 12.4. The van der Waals surface area contributed by atoms with Crippen LogP contribution in [0.1, 0.15) is 11.1 Å². The summed E-state index contributed by atoms with van der Waals surface area (Å²) in [6.45, 7) is -0.0863. The van der Waals surface area contributed by atoms with E-state index in [0.717, 1.165) is 4.47 Å². The van der Waals surface area contributed by atoms with Crippen LogP contribution in [-0.4, -0.2) is 5.97 Å². The van der Waals surface area contributed by atoms with E-state index < -0.39 is 17.4 Å². The highest BCUT2D eigenvalue weighted by Gasteiger charge is 2.11. The molecular formula is C18H12BrFO4. The molecule has 0 bridgehead atoms. The van der Waals surface area contributed by atoms with Gasteiger partial charge in [0, 0.05) is 21.5 Å². The first-order valence-corrected chi connectivity index (χ1v) is 7.93. The molecule has 2 aromatic carbocycles. The van der Waals surface area contributed by atoms with Gasteiger partial charge in [0.1, 0.15) is 18.0 Å². The van der Waals surface area contributed by atoms with Gasteiger partial charge in [-0.3, -0.25) is 4.79 Å². The summed E-state index contributed by atoms with van der Waals surface area (Å²) in [5, 5.41) is 0.677. The fourth-order valence-electron chi connectivity index (χ4n) is 2.33. The van der Waals surface area contributed by atoms with E-state index >= 15 is 0 Å². The lowest BCUT2D eigenvalue weighted by Crippen LogP contribution is -2.10. The number of carbonyl (C=O) groups is 1. The van der Waals surface area contributed by atoms with Gasteiger partial charge in [-0.15, -0.1) is 0 Å². The number of carbonyl (C=O) groups excluding carboxylic acids is 1. The van der Waals surface area contributed by atoms with Gasteiger partial charge in [-0.05, 0) is 29.8 Å². The molecule has 24 heavy (non-hydrogen) atoms. The molecular weight excluding hydrogens is 379 g/mol. The van der Waals surface area contributed by atoms with Crippen molar-refractivity contribution in [1.29, 1.82) is 0 Å². The number of esters is 1. The minimum atomic E-state index is -0.571. The fourth-order valence-corrected chi connectivity index (χ4v) is 2.67. The van der Waals surface area contributed by atoms with Crippen molar-refractivity contribution in [2.24, 2.45) is 0 Å².